The standard InChI is InChI=1S/C22H26FNO5/c1-13(2)29-20(22(26)27)11-15-6-8-19(28-4)16(10-15)12-24-21(25)17-7-5-14(3)9-18(17)23/h5-10,13,20H,11-12H2,1-4H3,(H,24,25)(H,26,27)/t20-/m0/s1. The summed E-state index contributed by atoms with van der Waals surface area (Å²) in [5.74, 6) is -1.63. The van der Waals surface area contributed by atoms with Gasteiger partial charge in [-0.1, -0.05) is 18.2 Å². The Hall–Kier alpha value is -2.93. The Bertz CT molecular complexity index is 882. The molecule has 2 N–H and O–H groups in total. The minimum atomic E-state index is -1.04. The fourth-order valence-electron chi connectivity index (χ4n) is 2.91. The smallest absolute Gasteiger partial charge is 0.333 e. The molecule has 0 saturated heterocycles. The van der Waals surface area contributed by atoms with E-state index in [0.29, 0.717) is 11.3 Å². The molecule has 0 spiro atoms. The predicted octanol–water partition coefficient (Wildman–Crippen LogP) is 3.49. The number of carbonyl (C=O) groups excluding carboxylic acids is 1. The molecule has 156 valence electrons. The highest BCUT2D eigenvalue weighted by Gasteiger charge is 2.21. The van der Waals surface area contributed by atoms with Gasteiger partial charge in [-0.25, -0.2) is 9.18 Å². The number of hydrogen-bond donors (Lipinski definition) is 2. The number of methoxy groups -OCH3 is 1. The average molecular weight is 403 g/mol. The van der Waals surface area contributed by atoms with Crippen LogP contribution in [0.5, 0.6) is 5.75 Å². The van der Waals surface area contributed by atoms with Gasteiger partial charge in [0.2, 0.25) is 0 Å². The fraction of sp³-hybridized carbons (Fsp3) is 0.364. The van der Waals surface area contributed by atoms with Crippen LogP contribution in [0.2, 0.25) is 0 Å². The molecule has 1 atom stereocenters. The second-order valence-corrected chi connectivity index (χ2v) is 7.03. The predicted molar refractivity (Wildman–Crippen MR) is 107 cm³/mol. The molecule has 0 fully saturated rings. The molecule has 2 rings (SSSR count). The lowest BCUT2D eigenvalue weighted by atomic mass is 10.0. The Morgan fingerprint density at radius 2 is 1.90 bits per heavy atom. The van der Waals surface area contributed by atoms with Gasteiger partial charge < -0.3 is 19.9 Å². The van der Waals surface area contributed by atoms with E-state index < -0.39 is 23.8 Å². The Labute approximate surface area is 169 Å². The molecule has 6 nitrogen and oxygen atoms in total. The summed E-state index contributed by atoms with van der Waals surface area (Å²) in [4.78, 5) is 23.8. The van der Waals surface area contributed by atoms with Gasteiger partial charge in [-0.2, -0.15) is 0 Å². The number of carboxylic acids is 1. The molecule has 0 bridgehead atoms. The van der Waals surface area contributed by atoms with E-state index in [1.54, 1.807) is 45.0 Å². The van der Waals surface area contributed by atoms with Crippen LogP contribution in [0.3, 0.4) is 0 Å². The third-order valence-corrected chi connectivity index (χ3v) is 4.29. The van der Waals surface area contributed by atoms with Gasteiger partial charge in [0.25, 0.3) is 5.91 Å². The summed E-state index contributed by atoms with van der Waals surface area (Å²) in [5, 5.41) is 12.0. The number of amides is 1. The van der Waals surface area contributed by atoms with Crippen LogP contribution in [-0.2, 0) is 22.5 Å². The maximum Gasteiger partial charge on any atom is 0.333 e. The van der Waals surface area contributed by atoms with Crippen LogP contribution >= 0.6 is 0 Å². The van der Waals surface area contributed by atoms with Crippen molar-refractivity contribution in [2.45, 2.75) is 45.9 Å². The van der Waals surface area contributed by atoms with Gasteiger partial charge in [0.15, 0.2) is 6.10 Å². The number of nitrogens with one attached hydrogen (secondary N) is 1. The van der Waals surface area contributed by atoms with Gasteiger partial charge in [-0.05, 0) is 50.1 Å². The summed E-state index contributed by atoms with van der Waals surface area (Å²) in [6.45, 7) is 5.39. The van der Waals surface area contributed by atoms with Gasteiger partial charge in [0.1, 0.15) is 11.6 Å². The van der Waals surface area contributed by atoms with Gasteiger partial charge in [-0.3, -0.25) is 4.79 Å². The number of halogens is 1. The molecule has 0 unspecified atom stereocenters. The zero-order chi connectivity index (χ0) is 21.6. The zero-order valence-corrected chi connectivity index (χ0v) is 17.0. The van der Waals surface area contributed by atoms with Crippen molar-refractivity contribution in [3.63, 3.8) is 0 Å². The van der Waals surface area contributed by atoms with Crippen molar-refractivity contribution in [2.75, 3.05) is 7.11 Å². The molecular formula is C22H26FNO5. The number of carboxylic acid groups (broad SMARTS) is 1. The molecule has 0 radical (unpaired) electrons. The van der Waals surface area contributed by atoms with Crippen molar-refractivity contribution >= 4 is 11.9 Å². The molecule has 0 aliphatic heterocycles. The molecule has 0 aromatic heterocycles. The van der Waals surface area contributed by atoms with E-state index in [1.807, 2.05) is 0 Å². The molecule has 0 saturated carbocycles. The quantitative estimate of drug-likeness (QED) is 0.670. The first-order chi connectivity index (χ1) is 13.7. The number of hydrogen-bond acceptors (Lipinski definition) is 4. The summed E-state index contributed by atoms with van der Waals surface area (Å²) >= 11 is 0. The van der Waals surface area contributed by atoms with Crippen LogP contribution in [0.15, 0.2) is 36.4 Å². The van der Waals surface area contributed by atoms with E-state index in [9.17, 15) is 19.1 Å². The first kappa shape index (κ1) is 22.4. The molecule has 0 heterocycles. The lowest BCUT2D eigenvalue weighted by Gasteiger charge is -2.18. The van der Waals surface area contributed by atoms with Gasteiger partial charge in [0.05, 0.1) is 18.8 Å². The highest BCUT2D eigenvalue weighted by Crippen LogP contribution is 2.22. The highest BCUT2D eigenvalue weighted by atomic mass is 19.1. The summed E-state index contributed by atoms with van der Waals surface area (Å²) < 4.78 is 24.8. The number of aryl methyl sites for hydroxylation is 1. The minimum absolute atomic E-state index is 0.0398. The highest BCUT2D eigenvalue weighted by molar-refractivity contribution is 5.94. The summed E-state index contributed by atoms with van der Waals surface area (Å²) in [5.41, 5.74) is 2.07. The molecule has 29 heavy (non-hydrogen) atoms. The van der Waals surface area contributed by atoms with Crippen LogP contribution < -0.4 is 10.1 Å². The largest absolute Gasteiger partial charge is 0.496 e. The number of rotatable bonds is 9. The molecular weight excluding hydrogens is 377 g/mol. The Morgan fingerprint density at radius 3 is 2.48 bits per heavy atom. The van der Waals surface area contributed by atoms with Crippen molar-refractivity contribution in [1.82, 2.24) is 5.32 Å². The first-order valence-corrected chi connectivity index (χ1v) is 9.29. The molecule has 0 aliphatic carbocycles. The van der Waals surface area contributed by atoms with Crippen LogP contribution in [-0.4, -0.2) is 36.3 Å². The summed E-state index contributed by atoms with van der Waals surface area (Å²) in [7, 11) is 1.50. The third-order valence-electron chi connectivity index (χ3n) is 4.29. The molecule has 2 aromatic rings. The van der Waals surface area contributed by atoms with Crippen LogP contribution in [0.4, 0.5) is 4.39 Å². The Balaban J connectivity index is 2.15. The van der Waals surface area contributed by atoms with Crippen molar-refractivity contribution in [1.29, 1.82) is 0 Å². The van der Waals surface area contributed by atoms with E-state index in [1.165, 1.54) is 19.2 Å². The normalized spacial score (nSPS) is 11.9. The lowest BCUT2D eigenvalue weighted by Crippen LogP contribution is -2.29. The second-order valence-electron chi connectivity index (χ2n) is 7.03. The van der Waals surface area contributed by atoms with Crippen molar-refractivity contribution in [3.8, 4) is 5.75 Å². The fourth-order valence-corrected chi connectivity index (χ4v) is 2.91. The minimum Gasteiger partial charge on any atom is -0.496 e. The number of aliphatic carboxylic acids is 1. The Kier molecular flexibility index (Phi) is 7.73. The first-order valence-electron chi connectivity index (χ1n) is 9.29. The van der Waals surface area contributed by atoms with E-state index >= 15 is 0 Å². The maximum absolute atomic E-state index is 14.0. The molecule has 7 heteroatoms. The van der Waals surface area contributed by atoms with E-state index in [0.717, 1.165) is 11.1 Å². The SMILES string of the molecule is COc1ccc(C[C@H](OC(C)C)C(=O)O)cc1CNC(=O)c1ccc(C)cc1F. The second kappa shape index (κ2) is 10.0. The third kappa shape index (κ3) is 6.29. The maximum atomic E-state index is 14.0. The monoisotopic (exact) mass is 403 g/mol. The molecule has 2 aromatic carbocycles. The van der Waals surface area contributed by atoms with Gasteiger partial charge in [-0.15, -0.1) is 0 Å². The van der Waals surface area contributed by atoms with E-state index in [2.05, 4.69) is 5.32 Å². The summed E-state index contributed by atoms with van der Waals surface area (Å²) in [6.07, 6.45) is -1.03. The van der Waals surface area contributed by atoms with Crippen molar-refractivity contribution in [3.05, 3.63) is 64.5 Å². The van der Waals surface area contributed by atoms with E-state index in [4.69, 9.17) is 9.47 Å². The Morgan fingerprint density at radius 1 is 1.17 bits per heavy atom. The number of carbonyl (C=O) groups is 2. The zero-order valence-electron chi connectivity index (χ0n) is 17.0. The summed E-state index contributed by atoms with van der Waals surface area (Å²) in [6, 6.07) is 9.62. The topological polar surface area (TPSA) is 84.9 Å². The number of ether oxygens (including phenoxy) is 2. The van der Waals surface area contributed by atoms with Crippen LogP contribution in [0.1, 0.15) is 40.9 Å². The average Bonchev–Trinajstić information content (AvgIpc) is 2.65. The van der Waals surface area contributed by atoms with Crippen LogP contribution in [0.25, 0.3) is 0 Å². The van der Waals surface area contributed by atoms with Crippen molar-refractivity contribution < 1.29 is 28.6 Å². The lowest BCUT2D eigenvalue weighted by molar-refractivity contribution is -0.153. The van der Waals surface area contributed by atoms with Crippen LogP contribution in [0, 0.1) is 12.7 Å². The van der Waals surface area contributed by atoms with Gasteiger partial charge in [0, 0.05) is 18.5 Å². The van der Waals surface area contributed by atoms with E-state index in [-0.39, 0.29) is 24.6 Å². The van der Waals surface area contributed by atoms with Crippen molar-refractivity contribution in [2.24, 2.45) is 0 Å². The molecule has 1 amide bonds. The number of benzene rings is 2. The van der Waals surface area contributed by atoms with Gasteiger partial charge >= 0.3 is 5.97 Å². The molecule has 0 aliphatic rings.